The maximum Gasteiger partial charge on any atom is 0.254 e. The highest BCUT2D eigenvalue weighted by Crippen LogP contribution is 2.36. The molecule has 0 radical (unpaired) electrons. The molecule has 0 bridgehead atoms. The van der Waals surface area contributed by atoms with Gasteiger partial charge in [0, 0.05) is 17.1 Å². The number of methoxy groups -OCH3 is 1. The van der Waals surface area contributed by atoms with Gasteiger partial charge in [-0.25, -0.2) is 4.68 Å². The zero-order chi connectivity index (χ0) is 24.8. The maximum atomic E-state index is 13.4. The fourth-order valence-corrected chi connectivity index (χ4v) is 3.99. The molecule has 0 aliphatic heterocycles. The van der Waals surface area contributed by atoms with E-state index in [0.717, 1.165) is 23.4 Å². The fraction of sp³-hybridized carbons (Fsp3) is 0.214. The van der Waals surface area contributed by atoms with E-state index in [1.165, 1.54) is 0 Å². The Kier molecular flexibility index (Phi) is 7.73. The minimum Gasteiger partial charge on any atom is -0.493 e. The van der Waals surface area contributed by atoms with Gasteiger partial charge in [-0.15, -0.1) is 0 Å². The van der Waals surface area contributed by atoms with E-state index in [4.69, 9.17) is 26.2 Å². The number of amides is 1. The molecule has 0 atom stereocenters. The number of nitrogens with zero attached hydrogens (tertiary/aromatic N) is 3. The van der Waals surface area contributed by atoms with E-state index in [2.05, 4.69) is 6.92 Å². The van der Waals surface area contributed by atoms with Crippen molar-refractivity contribution in [1.29, 1.82) is 0 Å². The first kappa shape index (κ1) is 24.4. The first-order valence-electron chi connectivity index (χ1n) is 11.5. The lowest BCUT2D eigenvalue weighted by atomic mass is 10.1. The van der Waals surface area contributed by atoms with Crippen molar-refractivity contribution in [3.63, 3.8) is 0 Å². The van der Waals surface area contributed by atoms with Crippen LogP contribution in [-0.2, 0) is 6.54 Å². The summed E-state index contributed by atoms with van der Waals surface area (Å²) < 4.78 is 13.7. The van der Waals surface area contributed by atoms with Crippen molar-refractivity contribution in [2.45, 2.75) is 26.8 Å². The van der Waals surface area contributed by atoms with Crippen LogP contribution in [0, 0.1) is 6.92 Å². The molecule has 180 valence electrons. The van der Waals surface area contributed by atoms with Crippen molar-refractivity contribution in [3.8, 4) is 23.1 Å². The van der Waals surface area contributed by atoms with E-state index in [9.17, 15) is 4.79 Å². The van der Waals surface area contributed by atoms with Crippen LogP contribution in [0.5, 0.6) is 17.4 Å². The van der Waals surface area contributed by atoms with Gasteiger partial charge < -0.3 is 14.4 Å². The number of para-hydroxylation sites is 2. The molecule has 0 unspecified atom stereocenters. The highest BCUT2D eigenvalue weighted by atomic mass is 35.5. The maximum absolute atomic E-state index is 13.4. The van der Waals surface area contributed by atoms with Gasteiger partial charge in [0.2, 0.25) is 5.88 Å². The molecule has 4 rings (SSSR count). The van der Waals surface area contributed by atoms with Gasteiger partial charge in [-0.05, 0) is 61.9 Å². The molecule has 4 aromatic rings. The number of hydrogen-bond donors (Lipinski definition) is 0. The van der Waals surface area contributed by atoms with Crippen molar-refractivity contribution in [1.82, 2.24) is 14.7 Å². The van der Waals surface area contributed by atoms with Gasteiger partial charge in [0.1, 0.15) is 0 Å². The van der Waals surface area contributed by atoms with Gasteiger partial charge in [-0.2, -0.15) is 5.10 Å². The summed E-state index contributed by atoms with van der Waals surface area (Å²) in [5.74, 6) is 1.65. The smallest absolute Gasteiger partial charge is 0.254 e. The summed E-state index contributed by atoms with van der Waals surface area (Å²) in [5, 5.41) is 5.41. The number of aromatic nitrogens is 2. The summed E-state index contributed by atoms with van der Waals surface area (Å²) in [6.07, 6.45) is 0.825. The largest absolute Gasteiger partial charge is 0.493 e. The molecule has 0 aliphatic rings. The molecule has 6 nitrogen and oxygen atoms in total. The topological polar surface area (TPSA) is 56.6 Å². The minimum absolute atomic E-state index is 0.0330. The minimum atomic E-state index is -0.0330. The van der Waals surface area contributed by atoms with Crippen molar-refractivity contribution in [3.05, 3.63) is 101 Å². The monoisotopic (exact) mass is 489 g/mol. The van der Waals surface area contributed by atoms with Crippen LogP contribution in [0.3, 0.4) is 0 Å². The summed E-state index contributed by atoms with van der Waals surface area (Å²) in [6, 6.07) is 24.1. The molecule has 0 saturated heterocycles. The lowest BCUT2D eigenvalue weighted by molar-refractivity contribution is 0.0742. The number of rotatable bonds is 9. The third kappa shape index (κ3) is 5.49. The number of halogens is 1. The lowest BCUT2D eigenvalue weighted by Gasteiger charge is -2.23. The van der Waals surface area contributed by atoms with Gasteiger partial charge in [0.15, 0.2) is 11.5 Å². The third-order valence-corrected chi connectivity index (χ3v) is 5.89. The third-order valence-electron chi connectivity index (χ3n) is 5.63. The summed E-state index contributed by atoms with van der Waals surface area (Å²) in [7, 11) is 1.60. The highest BCUT2D eigenvalue weighted by Gasteiger charge is 2.24. The Morgan fingerprint density at radius 2 is 1.63 bits per heavy atom. The molecule has 3 aromatic carbocycles. The lowest BCUT2D eigenvalue weighted by Crippen LogP contribution is -2.31. The van der Waals surface area contributed by atoms with Crippen LogP contribution >= 0.6 is 11.6 Å². The van der Waals surface area contributed by atoms with Crippen LogP contribution in [0.25, 0.3) is 5.69 Å². The molecule has 0 N–H and O–H groups in total. The van der Waals surface area contributed by atoms with Crippen LogP contribution in [0.15, 0.2) is 78.9 Å². The van der Waals surface area contributed by atoms with Gasteiger partial charge in [0.25, 0.3) is 5.91 Å². The molecular formula is C28H28ClN3O3. The van der Waals surface area contributed by atoms with Crippen molar-refractivity contribution < 1.29 is 14.3 Å². The summed E-state index contributed by atoms with van der Waals surface area (Å²) in [6.45, 7) is 4.94. The molecule has 35 heavy (non-hydrogen) atoms. The molecular weight excluding hydrogens is 462 g/mol. The number of carbonyl (C=O) groups is 1. The van der Waals surface area contributed by atoms with Crippen LogP contribution in [0.2, 0.25) is 5.02 Å². The Labute approximate surface area is 210 Å². The number of aryl methyl sites for hydroxylation is 1. The van der Waals surface area contributed by atoms with E-state index < -0.39 is 0 Å². The second-order valence-electron chi connectivity index (χ2n) is 8.10. The average Bonchev–Trinajstić information content (AvgIpc) is 3.19. The van der Waals surface area contributed by atoms with E-state index >= 15 is 0 Å². The average molecular weight is 490 g/mol. The molecule has 0 spiro atoms. The van der Waals surface area contributed by atoms with Crippen molar-refractivity contribution in [2.24, 2.45) is 0 Å². The Bertz CT molecular complexity index is 1290. The number of ether oxygens (including phenoxy) is 2. The summed E-state index contributed by atoms with van der Waals surface area (Å²) in [4.78, 5) is 15.2. The van der Waals surface area contributed by atoms with Crippen LogP contribution in [0.1, 0.15) is 35.0 Å². The Hall–Kier alpha value is -3.77. The predicted molar refractivity (Wildman–Crippen MR) is 138 cm³/mol. The van der Waals surface area contributed by atoms with Gasteiger partial charge in [0.05, 0.1) is 30.6 Å². The first-order chi connectivity index (χ1) is 17.0. The Morgan fingerprint density at radius 3 is 2.29 bits per heavy atom. The number of carbonyl (C=O) groups excluding carboxylic acids is 1. The number of hydrogen-bond acceptors (Lipinski definition) is 4. The normalized spacial score (nSPS) is 10.7. The van der Waals surface area contributed by atoms with E-state index in [1.807, 2.05) is 90.7 Å². The quantitative estimate of drug-likeness (QED) is 0.263. The molecule has 0 saturated carbocycles. The molecule has 1 heterocycles. The van der Waals surface area contributed by atoms with Crippen LogP contribution < -0.4 is 9.47 Å². The molecule has 1 amide bonds. The summed E-state index contributed by atoms with van der Waals surface area (Å²) >= 11 is 6.12. The van der Waals surface area contributed by atoms with Crippen LogP contribution in [0.4, 0.5) is 0 Å². The zero-order valence-corrected chi connectivity index (χ0v) is 20.8. The second-order valence-corrected chi connectivity index (χ2v) is 8.54. The Balaban J connectivity index is 1.79. The standard InChI is InChI=1S/C28H28ClN3O3/c1-4-18-31(27(33)21-10-6-5-7-11-21)19-24-20(2)30-32(23-16-14-22(29)15-17-23)28(24)35-26-13-9-8-12-25(26)34-3/h5-17H,4,18-19H2,1-3H3. The SMILES string of the molecule is CCCN(Cc1c(C)nn(-c2ccc(Cl)cc2)c1Oc1ccccc1OC)C(=O)c1ccccc1. The molecule has 1 aromatic heterocycles. The second kappa shape index (κ2) is 11.1. The van der Waals surface area contributed by atoms with Crippen LogP contribution in [-0.4, -0.2) is 34.2 Å². The Morgan fingerprint density at radius 1 is 0.971 bits per heavy atom. The van der Waals surface area contributed by atoms with E-state index in [1.54, 1.807) is 11.8 Å². The zero-order valence-electron chi connectivity index (χ0n) is 20.1. The van der Waals surface area contributed by atoms with E-state index in [-0.39, 0.29) is 5.91 Å². The molecule has 0 aliphatic carbocycles. The summed E-state index contributed by atoms with van der Waals surface area (Å²) in [5.41, 5.74) is 3.04. The first-order valence-corrected chi connectivity index (χ1v) is 11.9. The van der Waals surface area contributed by atoms with Crippen molar-refractivity contribution >= 4 is 17.5 Å². The fourth-order valence-electron chi connectivity index (χ4n) is 3.87. The van der Waals surface area contributed by atoms with Gasteiger partial charge in [-0.1, -0.05) is 48.9 Å². The molecule has 7 heteroatoms. The van der Waals surface area contributed by atoms with E-state index in [0.29, 0.717) is 41.1 Å². The predicted octanol–water partition coefficient (Wildman–Crippen LogP) is 6.69. The van der Waals surface area contributed by atoms with Gasteiger partial charge >= 0.3 is 0 Å². The highest BCUT2D eigenvalue weighted by molar-refractivity contribution is 6.30. The van der Waals surface area contributed by atoms with Gasteiger partial charge in [-0.3, -0.25) is 4.79 Å². The van der Waals surface area contributed by atoms with Crippen molar-refractivity contribution in [2.75, 3.05) is 13.7 Å². The molecule has 0 fully saturated rings. The number of benzene rings is 3.